The van der Waals surface area contributed by atoms with Crippen LogP contribution >= 0.6 is 15.9 Å². The molecule has 2 rings (SSSR count). The minimum Gasteiger partial charge on any atom is -0.366 e. The second kappa shape index (κ2) is 8.78. The van der Waals surface area contributed by atoms with E-state index in [0.29, 0.717) is 11.3 Å². The van der Waals surface area contributed by atoms with Gasteiger partial charge in [-0.05, 0) is 55.3 Å². The SMILES string of the molecule is CC[C@H](N[C@H](C)C(=O)Nc1ccc(C(N)=O)cc1)c1ccc(Br)cc1. The van der Waals surface area contributed by atoms with Gasteiger partial charge < -0.3 is 11.1 Å². The van der Waals surface area contributed by atoms with Crippen molar-refractivity contribution in [2.45, 2.75) is 32.4 Å². The first kappa shape index (κ1) is 19.1. The number of carbonyl (C=O) groups excluding carboxylic acids is 2. The van der Waals surface area contributed by atoms with Crippen molar-refractivity contribution in [3.05, 3.63) is 64.1 Å². The lowest BCUT2D eigenvalue weighted by atomic mass is 10.0. The number of hydrogen-bond acceptors (Lipinski definition) is 3. The molecule has 0 aromatic heterocycles. The number of halogens is 1. The van der Waals surface area contributed by atoms with E-state index < -0.39 is 5.91 Å². The monoisotopic (exact) mass is 403 g/mol. The van der Waals surface area contributed by atoms with Gasteiger partial charge in [-0.15, -0.1) is 0 Å². The summed E-state index contributed by atoms with van der Waals surface area (Å²) in [5, 5.41) is 6.19. The number of amides is 2. The van der Waals surface area contributed by atoms with Crippen molar-refractivity contribution in [2.75, 3.05) is 5.32 Å². The highest BCUT2D eigenvalue weighted by atomic mass is 79.9. The van der Waals surface area contributed by atoms with Crippen LogP contribution in [0.5, 0.6) is 0 Å². The topological polar surface area (TPSA) is 84.2 Å². The van der Waals surface area contributed by atoms with Gasteiger partial charge in [0, 0.05) is 21.8 Å². The van der Waals surface area contributed by atoms with Crippen LogP contribution in [0.1, 0.15) is 42.2 Å². The maximum atomic E-state index is 12.4. The first-order valence-corrected chi connectivity index (χ1v) is 8.92. The van der Waals surface area contributed by atoms with Crippen molar-refractivity contribution in [3.63, 3.8) is 0 Å². The van der Waals surface area contributed by atoms with Crippen molar-refractivity contribution < 1.29 is 9.59 Å². The molecule has 0 radical (unpaired) electrons. The first-order valence-electron chi connectivity index (χ1n) is 8.13. The zero-order chi connectivity index (χ0) is 18.4. The minimum atomic E-state index is -0.492. The first-order chi connectivity index (χ1) is 11.9. The average molecular weight is 404 g/mol. The minimum absolute atomic E-state index is 0.0890. The summed E-state index contributed by atoms with van der Waals surface area (Å²) in [5.41, 5.74) is 7.38. The number of carbonyl (C=O) groups is 2. The van der Waals surface area contributed by atoms with E-state index in [4.69, 9.17) is 5.73 Å². The van der Waals surface area contributed by atoms with Crippen molar-refractivity contribution in [2.24, 2.45) is 5.73 Å². The second-order valence-corrected chi connectivity index (χ2v) is 6.75. The number of hydrogen-bond donors (Lipinski definition) is 3. The number of nitrogens with one attached hydrogen (secondary N) is 2. The molecule has 0 heterocycles. The number of rotatable bonds is 7. The van der Waals surface area contributed by atoms with E-state index in [-0.39, 0.29) is 18.0 Å². The highest BCUT2D eigenvalue weighted by Crippen LogP contribution is 2.20. The van der Waals surface area contributed by atoms with E-state index in [1.54, 1.807) is 24.3 Å². The van der Waals surface area contributed by atoms with Gasteiger partial charge in [-0.25, -0.2) is 0 Å². The molecule has 0 unspecified atom stereocenters. The predicted octanol–water partition coefficient (Wildman–Crippen LogP) is 3.62. The second-order valence-electron chi connectivity index (χ2n) is 5.83. The molecule has 25 heavy (non-hydrogen) atoms. The lowest BCUT2D eigenvalue weighted by Gasteiger charge is -2.22. The van der Waals surface area contributed by atoms with E-state index in [1.807, 2.05) is 31.2 Å². The summed E-state index contributed by atoms with van der Waals surface area (Å²) in [6, 6.07) is 14.3. The fraction of sp³-hybridized carbons (Fsp3) is 0.263. The van der Waals surface area contributed by atoms with E-state index in [9.17, 15) is 9.59 Å². The van der Waals surface area contributed by atoms with Gasteiger partial charge in [0.25, 0.3) is 0 Å². The zero-order valence-corrected chi connectivity index (χ0v) is 15.8. The van der Waals surface area contributed by atoms with Crippen LogP contribution < -0.4 is 16.4 Å². The van der Waals surface area contributed by atoms with E-state index in [1.165, 1.54) is 0 Å². The molecule has 0 aliphatic carbocycles. The van der Waals surface area contributed by atoms with Crippen LogP contribution in [0.3, 0.4) is 0 Å². The van der Waals surface area contributed by atoms with Crippen LogP contribution in [0.2, 0.25) is 0 Å². The number of nitrogens with two attached hydrogens (primary N) is 1. The van der Waals surface area contributed by atoms with Gasteiger partial charge in [-0.2, -0.15) is 0 Å². The maximum absolute atomic E-state index is 12.4. The molecule has 4 N–H and O–H groups in total. The van der Waals surface area contributed by atoms with Crippen LogP contribution in [0, 0.1) is 0 Å². The van der Waals surface area contributed by atoms with Gasteiger partial charge in [-0.1, -0.05) is 35.0 Å². The van der Waals surface area contributed by atoms with Crippen LogP contribution in [0.25, 0.3) is 0 Å². The van der Waals surface area contributed by atoms with Crippen LogP contribution in [-0.4, -0.2) is 17.9 Å². The summed E-state index contributed by atoms with van der Waals surface area (Å²) in [6.45, 7) is 3.90. The Bertz CT molecular complexity index is 729. The summed E-state index contributed by atoms with van der Waals surface area (Å²) in [6.07, 6.45) is 0.868. The molecule has 0 saturated heterocycles. The Morgan fingerprint density at radius 3 is 2.20 bits per heavy atom. The third kappa shape index (κ3) is 5.41. The summed E-state index contributed by atoms with van der Waals surface area (Å²) >= 11 is 3.43. The maximum Gasteiger partial charge on any atom is 0.248 e. The number of anilines is 1. The van der Waals surface area contributed by atoms with Crippen molar-refractivity contribution in [1.82, 2.24) is 5.32 Å². The largest absolute Gasteiger partial charge is 0.366 e. The van der Waals surface area contributed by atoms with Gasteiger partial charge >= 0.3 is 0 Å². The molecule has 2 aromatic carbocycles. The molecular formula is C19H22BrN3O2. The molecule has 2 amide bonds. The summed E-state index contributed by atoms with van der Waals surface area (Å²) in [5.74, 6) is -0.629. The molecule has 0 fully saturated rings. The van der Waals surface area contributed by atoms with Crippen LogP contribution in [-0.2, 0) is 4.79 Å². The summed E-state index contributed by atoms with van der Waals surface area (Å²) < 4.78 is 1.02. The van der Waals surface area contributed by atoms with Crippen LogP contribution in [0.4, 0.5) is 5.69 Å². The van der Waals surface area contributed by atoms with E-state index >= 15 is 0 Å². The van der Waals surface area contributed by atoms with Crippen LogP contribution in [0.15, 0.2) is 53.0 Å². The molecule has 2 atom stereocenters. The van der Waals surface area contributed by atoms with Crippen molar-refractivity contribution in [3.8, 4) is 0 Å². The number of primary amides is 1. The Morgan fingerprint density at radius 1 is 1.08 bits per heavy atom. The Morgan fingerprint density at radius 2 is 1.68 bits per heavy atom. The normalized spacial score (nSPS) is 13.1. The smallest absolute Gasteiger partial charge is 0.248 e. The lowest BCUT2D eigenvalue weighted by Crippen LogP contribution is -2.40. The molecule has 0 saturated carbocycles. The third-order valence-corrected chi connectivity index (χ3v) is 4.49. The molecule has 132 valence electrons. The van der Waals surface area contributed by atoms with Gasteiger partial charge in [0.15, 0.2) is 0 Å². The molecule has 0 bridgehead atoms. The zero-order valence-electron chi connectivity index (χ0n) is 14.3. The molecular weight excluding hydrogens is 382 g/mol. The predicted molar refractivity (Wildman–Crippen MR) is 103 cm³/mol. The number of benzene rings is 2. The molecule has 0 spiro atoms. The Kier molecular flexibility index (Phi) is 6.73. The summed E-state index contributed by atoms with van der Waals surface area (Å²) in [7, 11) is 0. The molecule has 0 aliphatic rings. The molecule has 2 aromatic rings. The van der Waals surface area contributed by atoms with Gasteiger partial charge in [0.1, 0.15) is 0 Å². The fourth-order valence-electron chi connectivity index (χ4n) is 2.49. The average Bonchev–Trinajstić information content (AvgIpc) is 2.60. The highest BCUT2D eigenvalue weighted by Gasteiger charge is 2.18. The Labute approximate surface area is 156 Å². The van der Waals surface area contributed by atoms with Gasteiger partial charge in [0.2, 0.25) is 11.8 Å². The molecule has 5 nitrogen and oxygen atoms in total. The fourth-order valence-corrected chi connectivity index (χ4v) is 2.76. The van der Waals surface area contributed by atoms with Crippen molar-refractivity contribution in [1.29, 1.82) is 0 Å². The standard InChI is InChI=1S/C19H22BrN3O2/c1-3-17(13-4-8-15(20)9-5-13)22-12(2)19(25)23-16-10-6-14(7-11-16)18(21)24/h4-12,17,22H,3H2,1-2H3,(H2,21,24)(H,23,25)/t12-,17+/m1/s1. The Hall–Kier alpha value is -2.18. The van der Waals surface area contributed by atoms with E-state index in [0.717, 1.165) is 16.5 Å². The van der Waals surface area contributed by atoms with E-state index in [2.05, 4.69) is 33.5 Å². The van der Waals surface area contributed by atoms with Crippen molar-refractivity contribution >= 4 is 33.4 Å². The van der Waals surface area contributed by atoms with Gasteiger partial charge in [-0.3, -0.25) is 14.9 Å². The summed E-state index contributed by atoms with van der Waals surface area (Å²) in [4.78, 5) is 23.5. The molecule has 0 aliphatic heterocycles. The Balaban J connectivity index is 1.98. The quantitative estimate of drug-likeness (QED) is 0.659. The van der Waals surface area contributed by atoms with Gasteiger partial charge in [0.05, 0.1) is 6.04 Å². The highest BCUT2D eigenvalue weighted by molar-refractivity contribution is 9.10. The lowest BCUT2D eigenvalue weighted by molar-refractivity contribution is -0.118. The third-order valence-electron chi connectivity index (χ3n) is 3.96. The molecule has 6 heteroatoms.